The molecule has 102 valence electrons. The molecule has 0 aliphatic heterocycles. The smallest absolute Gasteiger partial charge is 0.231 e. The van der Waals surface area contributed by atoms with E-state index >= 15 is 0 Å². The molecule has 0 saturated carbocycles. The lowest BCUT2D eigenvalue weighted by atomic mass is 10.2. The average molecular weight is 281 g/mol. The Morgan fingerprint density at radius 2 is 1.95 bits per heavy atom. The first kappa shape index (κ1) is 15.1. The van der Waals surface area contributed by atoms with Crippen molar-refractivity contribution in [3.63, 3.8) is 0 Å². The van der Waals surface area contributed by atoms with Crippen LogP contribution in [0.2, 0.25) is 0 Å². The number of nitrogens with two attached hydrogens (primary N) is 1. The first-order valence-corrected chi connectivity index (χ1v) is 7.20. The summed E-state index contributed by atoms with van der Waals surface area (Å²) in [6, 6.07) is 7.65. The Bertz CT molecular complexity index is 588. The minimum Gasteiger partial charge on any atom is -0.369 e. The van der Waals surface area contributed by atoms with Crippen LogP contribution in [0.15, 0.2) is 29.2 Å². The number of likely N-dealkylation sites (N-methyl/N-ethyl adjacent to an activating group) is 1. The van der Waals surface area contributed by atoms with Crippen molar-refractivity contribution in [1.29, 1.82) is 5.26 Å². The highest BCUT2D eigenvalue weighted by Crippen LogP contribution is 2.12. The number of benzene rings is 1. The minimum atomic E-state index is -3.42. The molecule has 0 bridgehead atoms. The zero-order chi connectivity index (χ0) is 14.5. The molecule has 1 amide bonds. The molecule has 0 unspecified atom stereocenters. The highest BCUT2D eigenvalue weighted by atomic mass is 32.2. The fourth-order valence-electron chi connectivity index (χ4n) is 1.48. The summed E-state index contributed by atoms with van der Waals surface area (Å²) in [5, 5.41) is 8.64. The first-order chi connectivity index (χ1) is 8.85. The molecule has 0 saturated heterocycles. The summed E-state index contributed by atoms with van der Waals surface area (Å²) >= 11 is 0. The Labute approximate surface area is 112 Å². The van der Waals surface area contributed by atoms with Gasteiger partial charge in [0.2, 0.25) is 5.91 Å². The van der Waals surface area contributed by atoms with E-state index in [2.05, 4.69) is 0 Å². The molecular formula is C12H15N3O3S. The summed E-state index contributed by atoms with van der Waals surface area (Å²) in [6.45, 7) is 0.230. The Morgan fingerprint density at radius 3 is 2.42 bits per heavy atom. The second-order valence-electron chi connectivity index (χ2n) is 4.16. The van der Waals surface area contributed by atoms with E-state index < -0.39 is 15.7 Å². The van der Waals surface area contributed by atoms with Crippen molar-refractivity contribution in [2.45, 2.75) is 4.90 Å². The number of hydrogen-bond donors (Lipinski definition) is 1. The van der Waals surface area contributed by atoms with Gasteiger partial charge < -0.3 is 5.73 Å². The highest BCUT2D eigenvalue weighted by Gasteiger charge is 2.15. The Hall–Kier alpha value is -1.91. The molecule has 0 aliphatic carbocycles. The number of amides is 1. The van der Waals surface area contributed by atoms with Crippen molar-refractivity contribution in [2.75, 3.05) is 25.9 Å². The summed E-state index contributed by atoms with van der Waals surface area (Å²) in [6.07, 6.45) is 0. The Morgan fingerprint density at radius 1 is 1.37 bits per heavy atom. The summed E-state index contributed by atoms with van der Waals surface area (Å²) in [4.78, 5) is 12.4. The van der Waals surface area contributed by atoms with Crippen LogP contribution in [-0.2, 0) is 14.6 Å². The first-order valence-electron chi connectivity index (χ1n) is 5.55. The van der Waals surface area contributed by atoms with E-state index in [-0.39, 0.29) is 23.7 Å². The zero-order valence-corrected chi connectivity index (χ0v) is 11.4. The molecule has 1 rings (SSSR count). The van der Waals surface area contributed by atoms with Gasteiger partial charge in [-0.05, 0) is 31.3 Å². The van der Waals surface area contributed by atoms with Gasteiger partial charge >= 0.3 is 0 Å². The molecule has 1 aromatic rings. The molecule has 6 nitrogen and oxygen atoms in total. The monoisotopic (exact) mass is 281 g/mol. The van der Waals surface area contributed by atoms with Crippen LogP contribution < -0.4 is 5.73 Å². The molecule has 0 heterocycles. The lowest BCUT2D eigenvalue weighted by Crippen LogP contribution is -2.33. The van der Waals surface area contributed by atoms with Crippen LogP contribution in [0.1, 0.15) is 5.56 Å². The van der Waals surface area contributed by atoms with E-state index in [0.29, 0.717) is 5.56 Å². The van der Waals surface area contributed by atoms with E-state index in [1.807, 2.05) is 6.07 Å². The normalized spacial score (nSPS) is 11.2. The average Bonchev–Trinajstić information content (AvgIpc) is 2.36. The van der Waals surface area contributed by atoms with Crippen molar-refractivity contribution < 1.29 is 13.2 Å². The number of rotatable bonds is 6. The quantitative estimate of drug-likeness (QED) is 0.774. The molecule has 0 aliphatic rings. The Kier molecular flexibility index (Phi) is 5.03. The largest absolute Gasteiger partial charge is 0.369 e. The molecule has 0 spiro atoms. The van der Waals surface area contributed by atoms with Crippen molar-refractivity contribution in [1.82, 2.24) is 4.90 Å². The molecule has 0 radical (unpaired) electrons. The predicted molar refractivity (Wildman–Crippen MR) is 69.9 cm³/mol. The van der Waals surface area contributed by atoms with Crippen molar-refractivity contribution in [2.24, 2.45) is 5.73 Å². The highest BCUT2D eigenvalue weighted by molar-refractivity contribution is 7.91. The van der Waals surface area contributed by atoms with Gasteiger partial charge in [-0.15, -0.1) is 0 Å². The van der Waals surface area contributed by atoms with Crippen molar-refractivity contribution in [3.05, 3.63) is 29.8 Å². The van der Waals surface area contributed by atoms with Crippen LogP contribution in [0.3, 0.4) is 0 Å². The number of sulfone groups is 1. The van der Waals surface area contributed by atoms with Crippen molar-refractivity contribution in [3.8, 4) is 6.07 Å². The van der Waals surface area contributed by atoms with Crippen LogP contribution in [-0.4, -0.2) is 45.1 Å². The Balaban J connectivity index is 2.70. The standard InChI is InChI=1S/C12H15N3O3S/c1-15(9-12(14)16)6-7-19(17,18)11-4-2-10(8-13)3-5-11/h2-5H,6-7,9H2,1H3,(H2,14,16). The van der Waals surface area contributed by atoms with Gasteiger partial charge in [0.1, 0.15) is 0 Å². The van der Waals surface area contributed by atoms with Crippen LogP contribution in [0, 0.1) is 11.3 Å². The van der Waals surface area contributed by atoms with Gasteiger partial charge in [-0.1, -0.05) is 0 Å². The fraction of sp³-hybridized carbons (Fsp3) is 0.333. The lowest BCUT2D eigenvalue weighted by molar-refractivity contribution is -0.118. The summed E-state index contributed by atoms with van der Waals surface area (Å²) in [7, 11) is -1.80. The van der Waals surface area contributed by atoms with E-state index in [4.69, 9.17) is 11.0 Å². The van der Waals surface area contributed by atoms with Crippen molar-refractivity contribution >= 4 is 15.7 Å². The maximum atomic E-state index is 12.0. The maximum absolute atomic E-state index is 12.0. The second kappa shape index (κ2) is 6.31. The molecule has 7 heteroatoms. The molecule has 0 atom stereocenters. The van der Waals surface area contributed by atoms with E-state index in [1.165, 1.54) is 24.3 Å². The number of hydrogen-bond acceptors (Lipinski definition) is 5. The topological polar surface area (TPSA) is 104 Å². The third-order valence-corrected chi connectivity index (χ3v) is 4.22. The van der Waals surface area contributed by atoms with E-state index in [9.17, 15) is 13.2 Å². The lowest BCUT2D eigenvalue weighted by Gasteiger charge is -2.14. The van der Waals surface area contributed by atoms with Gasteiger partial charge in [-0.3, -0.25) is 9.69 Å². The van der Waals surface area contributed by atoms with Gasteiger partial charge in [0.15, 0.2) is 9.84 Å². The van der Waals surface area contributed by atoms with Crippen LogP contribution in [0.5, 0.6) is 0 Å². The van der Waals surface area contributed by atoms with Gasteiger partial charge in [0.05, 0.1) is 28.8 Å². The zero-order valence-electron chi connectivity index (χ0n) is 10.5. The molecule has 2 N–H and O–H groups in total. The van der Waals surface area contributed by atoms with Gasteiger partial charge in [-0.25, -0.2) is 8.42 Å². The number of carbonyl (C=O) groups is 1. The molecular weight excluding hydrogens is 266 g/mol. The third kappa shape index (κ3) is 4.69. The van der Waals surface area contributed by atoms with Crippen LogP contribution in [0.25, 0.3) is 0 Å². The van der Waals surface area contributed by atoms with Crippen LogP contribution >= 0.6 is 0 Å². The maximum Gasteiger partial charge on any atom is 0.231 e. The van der Waals surface area contributed by atoms with E-state index in [1.54, 1.807) is 11.9 Å². The number of nitrogens with zero attached hydrogens (tertiary/aromatic N) is 2. The fourth-order valence-corrected chi connectivity index (χ4v) is 2.81. The summed E-state index contributed by atoms with van der Waals surface area (Å²) in [5.41, 5.74) is 5.42. The predicted octanol–water partition coefficient (Wildman–Crippen LogP) is -0.251. The van der Waals surface area contributed by atoms with Gasteiger partial charge in [0.25, 0.3) is 0 Å². The van der Waals surface area contributed by atoms with E-state index in [0.717, 1.165) is 0 Å². The number of carbonyl (C=O) groups excluding carboxylic acids is 1. The summed E-state index contributed by atoms with van der Waals surface area (Å²) < 4.78 is 24.0. The number of nitriles is 1. The van der Waals surface area contributed by atoms with Gasteiger partial charge in [0, 0.05) is 6.54 Å². The second-order valence-corrected chi connectivity index (χ2v) is 6.27. The van der Waals surface area contributed by atoms with Gasteiger partial charge in [-0.2, -0.15) is 5.26 Å². The molecule has 1 aromatic carbocycles. The third-order valence-electron chi connectivity index (χ3n) is 2.51. The molecule has 0 aromatic heterocycles. The molecule has 0 fully saturated rings. The SMILES string of the molecule is CN(CCS(=O)(=O)c1ccc(C#N)cc1)CC(N)=O. The summed E-state index contributed by atoms with van der Waals surface area (Å²) in [5.74, 6) is -0.610. The van der Waals surface area contributed by atoms with Crippen LogP contribution in [0.4, 0.5) is 0 Å². The molecule has 19 heavy (non-hydrogen) atoms. The minimum absolute atomic E-state index is 0.0168. The number of primary amides is 1.